The molecule has 3 rings (SSSR count). The Balaban J connectivity index is 1.49. The van der Waals surface area contributed by atoms with E-state index in [0.29, 0.717) is 13.1 Å². The maximum Gasteiger partial charge on any atom is 0.317 e. The zero-order chi connectivity index (χ0) is 17.1. The minimum atomic E-state index is -0.472. The van der Waals surface area contributed by atoms with E-state index in [4.69, 9.17) is 4.74 Å². The fraction of sp³-hybridized carbons (Fsp3) is 0.588. The molecule has 2 saturated heterocycles. The molecule has 0 bridgehead atoms. The number of morpholine rings is 1. The molecule has 5 nitrogen and oxygen atoms in total. The molecule has 1 aromatic carbocycles. The molecule has 0 unspecified atom stereocenters. The molecule has 2 fully saturated rings. The number of hydrogen-bond donors (Lipinski definition) is 1. The highest BCUT2D eigenvalue weighted by Gasteiger charge is 2.36. The number of nitrogens with zero attached hydrogens (tertiary/aromatic N) is 2. The van der Waals surface area contributed by atoms with Crippen LogP contribution >= 0.6 is 0 Å². The number of nitrogens with one attached hydrogen (secondary N) is 1. The van der Waals surface area contributed by atoms with Crippen LogP contribution in [0.1, 0.15) is 12.0 Å². The van der Waals surface area contributed by atoms with Gasteiger partial charge in [0, 0.05) is 26.2 Å². The Morgan fingerprint density at radius 2 is 2.21 bits per heavy atom. The van der Waals surface area contributed by atoms with E-state index in [1.165, 1.54) is 6.07 Å². The third kappa shape index (κ3) is 3.84. The number of hydrogen-bond acceptors (Lipinski definition) is 3. The van der Waals surface area contributed by atoms with Crippen LogP contribution in [0.5, 0.6) is 0 Å². The zero-order valence-electron chi connectivity index (χ0n) is 13.8. The van der Waals surface area contributed by atoms with Gasteiger partial charge in [-0.1, -0.05) is 0 Å². The first kappa shape index (κ1) is 17.1. The number of carbonyl (C=O) groups is 1. The molecule has 2 aliphatic rings. The van der Waals surface area contributed by atoms with Gasteiger partial charge in [-0.2, -0.15) is 0 Å². The second-order valence-corrected chi connectivity index (χ2v) is 6.41. The van der Waals surface area contributed by atoms with Gasteiger partial charge in [0.1, 0.15) is 11.6 Å². The van der Waals surface area contributed by atoms with Crippen LogP contribution in [0.25, 0.3) is 0 Å². The number of ether oxygens (including phenoxy) is 1. The molecule has 2 amide bonds. The Hall–Kier alpha value is -1.73. The molecule has 2 atom stereocenters. The van der Waals surface area contributed by atoms with Gasteiger partial charge in [0.2, 0.25) is 0 Å². The van der Waals surface area contributed by atoms with Crippen molar-refractivity contribution in [1.29, 1.82) is 0 Å². The Kier molecular flexibility index (Phi) is 5.30. The van der Waals surface area contributed by atoms with E-state index in [-0.39, 0.29) is 36.7 Å². The van der Waals surface area contributed by atoms with Crippen LogP contribution in [-0.4, -0.2) is 67.8 Å². The van der Waals surface area contributed by atoms with Gasteiger partial charge in [-0.15, -0.1) is 0 Å². The van der Waals surface area contributed by atoms with E-state index in [1.54, 1.807) is 4.90 Å². The third-order valence-electron chi connectivity index (χ3n) is 4.83. The second kappa shape index (κ2) is 7.44. The first-order valence-electron chi connectivity index (χ1n) is 8.33. The van der Waals surface area contributed by atoms with Gasteiger partial charge >= 0.3 is 6.03 Å². The molecule has 0 aliphatic carbocycles. The summed E-state index contributed by atoms with van der Waals surface area (Å²) in [6, 6.07) is 3.42. The molecular formula is C17H23F2N3O2. The lowest BCUT2D eigenvalue weighted by molar-refractivity contribution is -0.0881. The van der Waals surface area contributed by atoms with Crippen molar-refractivity contribution in [2.75, 3.05) is 39.8 Å². The maximum absolute atomic E-state index is 13.6. The Morgan fingerprint density at radius 1 is 1.38 bits per heavy atom. The molecule has 2 heterocycles. The van der Waals surface area contributed by atoms with E-state index >= 15 is 0 Å². The molecule has 1 N–H and O–H groups in total. The summed E-state index contributed by atoms with van der Waals surface area (Å²) in [5.41, 5.74) is 0.273. The summed E-state index contributed by atoms with van der Waals surface area (Å²) in [4.78, 5) is 16.3. The summed E-state index contributed by atoms with van der Waals surface area (Å²) in [5.74, 6) is -0.924. The van der Waals surface area contributed by atoms with Crippen molar-refractivity contribution in [3.63, 3.8) is 0 Å². The number of piperidine rings is 1. The highest BCUT2D eigenvalue weighted by Crippen LogP contribution is 2.21. The Morgan fingerprint density at radius 3 is 3.04 bits per heavy atom. The van der Waals surface area contributed by atoms with Gasteiger partial charge in [-0.05, 0) is 43.7 Å². The number of fused-ring (bicyclic) bond motifs is 1. The fourth-order valence-electron chi connectivity index (χ4n) is 3.38. The van der Waals surface area contributed by atoms with Gasteiger partial charge in [0.25, 0.3) is 0 Å². The second-order valence-electron chi connectivity index (χ2n) is 6.41. The Labute approximate surface area is 140 Å². The van der Waals surface area contributed by atoms with Gasteiger partial charge < -0.3 is 15.0 Å². The van der Waals surface area contributed by atoms with E-state index in [0.717, 1.165) is 31.7 Å². The lowest BCUT2D eigenvalue weighted by Gasteiger charge is -2.45. The number of amides is 2. The summed E-state index contributed by atoms with van der Waals surface area (Å²) < 4.78 is 32.5. The quantitative estimate of drug-likeness (QED) is 0.910. The number of halogens is 2. The van der Waals surface area contributed by atoms with E-state index in [9.17, 15) is 13.6 Å². The van der Waals surface area contributed by atoms with Crippen LogP contribution in [0.15, 0.2) is 18.2 Å². The summed E-state index contributed by atoms with van der Waals surface area (Å²) in [7, 11) is 2.05. The highest BCUT2D eigenvalue weighted by molar-refractivity contribution is 5.74. The number of likely N-dealkylation sites (N-methyl/N-ethyl adjacent to an activating group) is 1. The third-order valence-corrected chi connectivity index (χ3v) is 4.83. The number of urea groups is 1. The van der Waals surface area contributed by atoms with Crippen molar-refractivity contribution >= 4 is 6.03 Å². The highest BCUT2D eigenvalue weighted by atomic mass is 19.1. The number of carbonyl (C=O) groups excluding carboxylic acids is 1. The smallest absolute Gasteiger partial charge is 0.317 e. The topological polar surface area (TPSA) is 44.8 Å². The van der Waals surface area contributed by atoms with Crippen molar-refractivity contribution in [3.05, 3.63) is 35.4 Å². The fourth-order valence-corrected chi connectivity index (χ4v) is 3.38. The maximum atomic E-state index is 13.6. The molecule has 24 heavy (non-hydrogen) atoms. The zero-order valence-corrected chi connectivity index (χ0v) is 13.8. The van der Waals surface area contributed by atoms with Crippen LogP contribution < -0.4 is 5.32 Å². The van der Waals surface area contributed by atoms with Crippen molar-refractivity contribution in [2.24, 2.45) is 0 Å². The largest absolute Gasteiger partial charge is 0.375 e. The monoisotopic (exact) mass is 339 g/mol. The first-order valence-corrected chi connectivity index (χ1v) is 8.33. The predicted molar refractivity (Wildman–Crippen MR) is 85.8 cm³/mol. The first-order chi connectivity index (χ1) is 11.5. The summed E-state index contributed by atoms with van der Waals surface area (Å²) >= 11 is 0. The normalized spacial score (nSPS) is 24.5. The van der Waals surface area contributed by atoms with Crippen LogP contribution in [-0.2, 0) is 11.2 Å². The summed E-state index contributed by atoms with van der Waals surface area (Å²) in [5, 5.41) is 2.80. The van der Waals surface area contributed by atoms with Crippen LogP contribution in [0.4, 0.5) is 13.6 Å². The molecule has 0 spiro atoms. The van der Waals surface area contributed by atoms with E-state index in [2.05, 4.69) is 10.2 Å². The van der Waals surface area contributed by atoms with Crippen molar-refractivity contribution < 1.29 is 18.3 Å². The van der Waals surface area contributed by atoms with Gasteiger partial charge in [0.05, 0.1) is 18.8 Å². The summed E-state index contributed by atoms with van der Waals surface area (Å²) in [6.45, 7) is 3.16. The average molecular weight is 339 g/mol. The van der Waals surface area contributed by atoms with E-state index < -0.39 is 11.6 Å². The van der Waals surface area contributed by atoms with Crippen LogP contribution in [0.2, 0.25) is 0 Å². The van der Waals surface area contributed by atoms with Crippen molar-refractivity contribution in [3.8, 4) is 0 Å². The average Bonchev–Trinajstić information content (AvgIpc) is 2.58. The number of likely N-dealkylation sites (tertiary alicyclic amines) is 1. The number of benzene rings is 1. The minimum Gasteiger partial charge on any atom is -0.375 e. The van der Waals surface area contributed by atoms with Gasteiger partial charge in [-0.25, -0.2) is 13.6 Å². The molecule has 0 aromatic heterocycles. The lowest BCUT2D eigenvalue weighted by Crippen LogP contribution is -2.60. The minimum absolute atomic E-state index is 0.163. The summed E-state index contributed by atoms with van der Waals surface area (Å²) in [6.07, 6.45) is 1.27. The predicted octanol–water partition coefficient (Wildman–Crippen LogP) is 1.62. The molecule has 1 aromatic rings. The SMILES string of the molecule is CN1CCO[C@@H]2CCN(C(=O)NCCc3cc(F)ccc3F)C[C@H]21. The standard InChI is InChI=1S/C17H23F2N3O2/c1-21-8-9-24-16-5-7-22(11-15(16)21)17(23)20-6-4-12-10-13(18)2-3-14(12)19/h2-3,10,15-16H,4-9,11H2,1H3,(H,20,23)/t15-,16-/m1/s1. The molecule has 7 heteroatoms. The molecular weight excluding hydrogens is 316 g/mol. The molecule has 0 radical (unpaired) electrons. The number of rotatable bonds is 3. The van der Waals surface area contributed by atoms with Gasteiger partial charge in [0.15, 0.2) is 0 Å². The van der Waals surface area contributed by atoms with E-state index in [1.807, 2.05) is 7.05 Å². The Bertz CT molecular complexity index is 599. The van der Waals surface area contributed by atoms with Crippen molar-refractivity contribution in [1.82, 2.24) is 15.1 Å². The van der Waals surface area contributed by atoms with Gasteiger partial charge in [-0.3, -0.25) is 4.90 Å². The van der Waals surface area contributed by atoms with Crippen LogP contribution in [0.3, 0.4) is 0 Å². The molecule has 2 aliphatic heterocycles. The lowest BCUT2D eigenvalue weighted by atomic mass is 9.99. The molecule has 0 saturated carbocycles. The van der Waals surface area contributed by atoms with Crippen LogP contribution in [0, 0.1) is 11.6 Å². The molecule has 132 valence electrons. The van der Waals surface area contributed by atoms with Crippen molar-refractivity contribution in [2.45, 2.75) is 25.0 Å².